The molecule has 1 saturated carbocycles. The molecular weight excluding hydrogens is 340 g/mol. The van der Waals surface area contributed by atoms with E-state index < -0.39 is 0 Å². The van der Waals surface area contributed by atoms with Gasteiger partial charge in [-0.05, 0) is 56.8 Å². The SMILES string of the molecule is CCCCCC(CCC)COC(=O)C1CCC(C(=O)OCCC(C)C)CC1. The Morgan fingerprint density at radius 2 is 1.41 bits per heavy atom. The highest BCUT2D eigenvalue weighted by Crippen LogP contribution is 2.31. The van der Waals surface area contributed by atoms with E-state index in [1.165, 1.54) is 19.3 Å². The van der Waals surface area contributed by atoms with E-state index in [9.17, 15) is 9.59 Å². The molecule has 0 amide bonds. The van der Waals surface area contributed by atoms with Gasteiger partial charge in [0.05, 0.1) is 25.0 Å². The summed E-state index contributed by atoms with van der Waals surface area (Å²) in [6.45, 7) is 9.73. The maximum Gasteiger partial charge on any atom is 0.308 e. The molecule has 4 heteroatoms. The first-order chi connectivity index (χ1) is 13.0. The van der Waals surface area contributed by atoms with Crippen LogP contribution in [-0.4, -0.2) is 25.2 Å². The zero-order valence-corrected chi connectivity index (χ0v) is 18.1. The molecule has 0 spiro atoms. The second-order valence-electron chi connectivity index (χ2n) is 8.68. The van der Waals surface area contributed by atoms with E-state index in [-0.39, 0.29) is 23.8 Å². The van der Waals surface area contributed by atoms with Crippen molar-refractivity contribution in [3.05, 3.63) is 0 Å². The van der Waals surface area contributed by atoms with Gasteiger partial charge in [0.1, 0.15) is 0 Å². The van der Waals surface area contributed by atoms with Crippen molar-refractivity contribution in [3.63, 3.8) is 0 Å². The molecule has 0 aliphatic heterocycles. The Labute approximate surface area is 166 Å². The zero-order chi connectivity index (χ0) is 20.1. The van der Waals surface area contributed by atoms with Crippen LogP contribution in [0, 0.1) is 23.7 Å². The summed E-state index contributed by atoms with van der Waals surface area (Å²) >= 11 is 0. The van der Waals surface area contributed by atoms with Gasteiger partial charge in [-0.25, -0.2) is 0 Å². The number of carbonyl (C=O) groups is 2. The molecule has 0 bridgehead atoms. The molecule has 0 radical (unpaired) electrons. The van der Waals surface area contributed by atoms with E-state index in [1.807, 2.05) is 0 Å². The topological polar surface area (TPSA) is 52.6 Å². The van der Waals surface area contributed by atoms with Gasteiger partial charge < -0.3 is 9.47 Å². The lowest BCUT2D eigenvalue weighted by Crippen LogP contribution is -2.29. The molecule has 0 N–H and O–H groups in total. The average molecular weight is 383 g/mol. The molecule has 0 heterocycles. The van der Waals surface area contributed by atoms with Crippen LogP contribution in [0.2, 0.25) is 0 Å². The van der Waals surface area contributed by atoms with Crippen LogP contribution in [0.1, 0.15) is 98.3 Å². The number of ether oxygens (including phenoxy) is 2. The standard InChI is InChI=1S/C23H42O4/c1-5-7-8-10-19(9-6-2)17-27-23(25)21-13-11-20(12-14-21)22(24)26-16-15-18(3)4/h18-21H,5-17H2,1-4H3. The number of hydrogen-bond acceptors (Lipinski definition) is 4. The molecule has 0 aromatic heterocycles. The minimum Gasteiger partial charge on any atom is -0.465 e. The molecule has 1 atom stereocenters. The van der Waals surface area contributed by atoms with Crippen molar-refractivity contribution in [1.29, 1.82) is 0 Å². The van der Waals surface area contributed by atoms with Crippen LogP contribution in [0.4, 0.5) is 0 Å². The Bertz CT molecular complexity index is 411. The van der Waals surface area contributed by atoms with Gasteiger partial charge in [-0.2, -0.15) is 0 Å². The third-order valence-corrected chi connectivity index (χ3v) is 5.71. The molecule has 1 aliphatic rings. The molecule has 1 unspecified atom stereocenters. The molecule has 27 heavy (non-hydrogen) atoms. The van der Waals surface area contributed by atoms with Crippen molar-refractivity contribution in [3.8, 4) is 0 Å². The van der Waals surface area contributed by atoms with E-state index in [1.54, 1.807) is 0 Å². The minimum atomic E-state index is -0.0820. The molecule has 0 aromatic rings. The lowest BCUT2D eigenvalue weighted by Gasteiger charge is -2.26. The van der Waals surface area contributed by atoms with Gasteiger partial charge in [0, 0.05) is 0 Å². The van der Waals surface area contributed by atoms with E-state index in [2.05, 4.69) is 27.7 Å². The fourth-order valence-electron chi connectivity index (χ4n) is 3.80. The van der Waals surface area contributed by atoms with Gasteiger partial charge in [0.15, 0.2) is 0 Å². The first-order valence-electron chi connectivity index (χ1n) is 11.3. The normalized spacial score (nSPS) is 21.1. The van der Waals surface area contributed by atoms with E-state index in [0.717, 1.165) is 51.4 Å². The maximum atomic E-state index is 12.4. The van der Waals surface area contributed by atoms with Crippen LogP contribution >= 0.6 is 0 Å². The predicted molar refractivity (Wildman–Crippen MR) is 109 cm³/mol. The van der Waals surface area contributed by atoms with Crippen LogP contribution in [0.5, 0.6) is 0 Å². The lowest BCUT2D eigenvalue weighted by molar-refractivity contribution is -0.156. The highest BCUT2D eigenvalue weighted by atomic mass is 16.5. The van der Waals surface area contributed by atoms with Crippen molar-refractivity contribution < 1.29 is 19.1 Å². The number of rotatable bonds is 13. The zero-order valence-electron chi connectivity index (χ0n) is 18.1. The van der Waals surface area contributed by atoms with E-state index >= 15 is 0 Å². The Morgan fingerprint density at radius 3 is 1.93 bits per heavy atom. The number of esters is 2. The van der Waals surface area contributed by atoms with E-state index in [4.69, 9.17) is 9.47 Å². The van der Waals surface area contributed by atoms with Crippen molar-refractivity contribution in [2.45, 2.75) is 98.3 Å². The summed E-state index contributed by atoms with van der Waals surface area (Å²) in [5, 5.41) is 0. The molecule has 1 rings (SSSR count). The second-order valence-corrected chi connectivity index (χ2v) is 8.68. The summed E-state index contributed by atoms with van der Waals surface area (Å²) < 4.78 is 11.0. The van der Waals surface area contributed by atoms with Gasteiger partial charge in [-0.3, -0.25) is 9.59 Å². The third-order valence-electron chi connectivity index (χ3n) is 5.71. The molecular formula is C23H42O4. The second kappa shape index (κ2) is 14.0. The summed E-state index contributed by atoms with van der Waals surface area (Å²) in [5.74, 6) is 0.824. The Morgan fingerprint density at radius 1 is 0.815 bits per heavy atom. The average Bonchev–Trinajstić information content (AvgIpc) is 2.65. The Hall–Kier alpha value is -1.06. The lowest BCUT2D eigenvalue weighted by atomic mass is 9.82. The largest absolute Gasteiger partial charge is 0.465 e. The van der Waals surface area contributed by atoms with Crippen LogP contribution in [0.15, 0.2) is 0 Å². The molecule has 0 saturated heterocycles. The monoisotopic (exact) mass is 382 g/mol. The minimum absolute atomic E-state index is 0.0388. The number of unbranched alkanes of at least 4 members (excludes halogenated alkanes) is 2. The predicted octanol–water partition coefficient (Wildman–Crippen LogP) is 5.92. The van der Waals surface area contributed by atoms with Crippen LogP contribution in [0.25, 0.3) is 0 Å². The van der Waals surface area contributed by atoms with Crippen molar-refractivity contribution in [2.75, 3.05) is 13.2 Å². The third kappa shape index (κ3) is 10.2. The molecule has 1 fully saturated rings. The van der Waals surface area contributed by atoms with Gasteiger partial charge in [0.2, 0.25) is 0 Å². The number of hydrogen-bond donors (Lipinski definition) is 0. The molecule has 1 aliphatic carbocycles. The fourth-order valence-corrected chi connectivity index (χ4v) is 3.80. The number of carbonyl (C=O) groups excluding carboxylic acids is 2. The molecule has 0 aromatic carbocycles. The molecule has 158 valence electrons. The van der Waals surface area contributed by atoms with Crippen molar-refractivity contribution >= 4 is 11.9 Å². The van der Waals surface area contributed by atoms with Crippen LogP contribution in [-0.2, 0) is 19.1 Å². The van der Waals surface area contributed by atoms with Gasteiger partial charge >= 0.3 is 11.9 Å². The summed E-state index contributed by atoms with van der Waals surface area (Å²) in [6, 6.07) is 0. The maximum absolute atomic E-state index is 12.4. The summed E-state index contributed by atoms with van der Waals surface area (Å²) in [7, 11) is 0. The van der Waals surface area contributed by atoms with Gasteiger partial charge in [-0.15, -0.1) is 0 Å². The van der Waals surface area contributed by atoms with Crippen molar-refractivity contribution in [1.82, 2.24) is 0 Å². The van der Waals surface area contributed by atoms with Gasteiger partial charge in [-0.1, -0.05) is 53.4 Å². The Balaban J connectivity index is 2.28. The summed E-state index contributed by atoms with van der Waals surface area (Å²) in [4.78, 5) is 24.6. The Kier molecular flexibility index (Phi) is 12.4. The quantitative estimate of drug-likeness (QED) is 0.293. The first kappa shape index (κ1) is 24.0. The fraction of sp³-hybridized carbons (Fsp3) is 0.913. The first-order valence-corrected chi connectivity index (χ1v) is 11.3. The smallest absolute Gasteiger partial charge is 0.308 e. The van der Waals surface area contributed by atoms with E-state index in [0.29, 0.717) is 25.0 Å². The summed E-state index contributed by atoms with van der Waals surface area (Å²) in [5.41, 5.74) is 0. The van der Waals surface area contributed by atoms with Gasteiger partial charge in [0.25, 0.3) is 0 Å². The van der Waals surface area contributed by atoms with Crippen LogP contribution in [0.3, 0.4) is 0 Å². The highest BCUT2D eigenvalue weighted by Gasteiger charge is 2.31. The van der Waals surface area contributed by atoms with Crippen LogP contribution < -0.4 is 0 Å². The molecule has 4 nitrogen and oxygen atoms in total. The van der Waals surface area contributed by atoms with Crippen molar-refractivity contribution in [2.24, 2.45) is 23.7 Å². The summed E-state index contributed by atoms with van der Waals surface area (Å²) in [6.07, 6.45) is 11.0. The highest BCUT2D eigenvalue weighted by molar-refractivity contribution is 5.75.